The van der Waals surface area contributed by atoms with E-state index >= 15 is 0 Å². The lowest BCUT2D eigenvalue weighted by atomic mass is 9.88. The van der Waals surface area contributed by atoms with Gasteiger partial charge in [-0.1, -0.05) is 6.92 Å². The summed E-state index contributed by atoms with van der Waals surface area (Å²) in [6.45, 7) is 4.65. The molecule has 122 valence electrons. The summed E-state index contributed by atoms with van der Waals surface area (Å²) in [5.74, 6) is 0.920. The third-order valence-electron chi connectivity index (χ3n) is 5.24. The van der Waals surface area contributed by atoms with Gasteiger partial charge in [0.25, 0.3) is 0 Å². The maximum Gasteiger partial charge on any atom is 0.228 e. The van der Waals surface area contributed by atoms with E-state index in [9.17, 15) is 4.79 Å². The summed E-state index contributed by atoms with van der Waals surface area (Å²) < 4.78 is 7.75. The highest BCUT2D eigenvalue weighted by atomic mass is 16.5. The number of hydrogen-bond acceptors (Lipinski definition) is 3. The molecule has 2 atom stereocenters. The standard InChI is InChI=1S/C17H27N3O2/c1-3-16-14(5-4-12-22-16)17(21)20-10-7-13(8-11-20)15-6-9-18-19(15)2/h6,9,13-14,16H,3-5,7-8,10-12H2,1-2H3. The highest BCUT2D eigenvalue weighted by molar-refractivity contribution is 5.79. The Bertz CT molecular complexity index is 506. The van der Waals surface area contributed by atoms with E-state index in [1.807, 2.05) is 17.9 Å². The molecule has 1 aromatic rings. The van der Waals surface area contributed by atoms with Crippen molar-refractivity contribution in [2.24, 2.45) is 13.0 Å². The van der Waals surface area contributed by atoms with Crippen molar-refractivity contribution in [3.63, 3.8) is 0 Å². The van der Waals surface area contributed by atoms with Gasteiger partial charge in [-0.15, -0.1) is 0 Å². The molecule has 0 N–H and O–H groups in total. The molecule has 0 radical (unpaired) electrons. The molecule has 2 aliphatic heterocycles. The van der Waals surface area contributed by atoms with Crippen LogP contribution in [0.25, 0.3) is 0 Å². The number of likely N-dealkylation sites (tertiary alicyclic amines) is 1. The zero-order valence-corrected chi connectivity index (χ0v) is 13.7. The minimum Gasteiger partial charge on any atom is -0.377 e. The number of ether oxygens (including phenoxy) is 1. The van der Waals surface area contributed by atoms with Crippen LogP contribution in [0.15, 0.2) is 12.3 Å². The van der Waals surface area contributed by atoms with Gasteiger partial charge in [-0.25, -0.2) is 0 Å². The molecule has 0 spiro atoms. The lowest BCUT2D eigenvalue weighted by molar-refractivity contribution is -0.146. The van der Waals surface area contributed by atoms with Crippen molar-refractivity contribution in [1.82, 2.24) is 14.7 Å². The molecule has 2 saturated heterocycles. The van der Waals surface area contributed by atoms with E-state index in [0.717, 1.165) is 51.8 Å². The van der Waals surface area contributed by atoms with E-state index in [0.29, 0.717) is 11.8 Å². The second-order valence-corrected chi connectivity index (χ2v) is 6.55. The molecule has 0 aliphatic carbocycles. The molecule has 0 bridgehead atoms. The van der Waals surface area contributed by atoms with Crippen molar-refractivity contribution in [3.05, 3.63) is 18.0 Å². The summed E-state index contributed by atoms with van der Waals surface area (Å²) >= 11 is 0. The Morgan fingerprint density at radius 1 is 1.36 bits per heavy atom. The highest BCUT2D eigenvalue weighted by Crippen LogP contribution is 2.30. The van der Waals surface area contributed by atoms with Crippen LogP contribution in [0.1, 0.15) is 50.6 Å². The van der Waals surface area contributed by atoms with E-state index in [4.69, 9.17) is 4.74 Å². The highest BCUT2D eigenvalue weighted by Gasteiger charge is 2.35. The summed E-state index contributed by atoms with van der Waals surface area (Å²) in [5, 5.41) is 4.26. The first kappa shape index (κ1) is 15.5. The molecule has 22 heavy (non-hydrogen) atoms. The van der Waals surface area contributed by atoms with Crippen molar-refractivity contribution in [2.75, 3.05) is 19.7 Å². The van der Waals surface area contributed by atoms with Gasteiger partial charge in [0, 0.05) is 44.6 Å². The average molecular weight is 305 g/mol. The van der Waals surface area contributed by atoms with Crippen molar-refractivity contribution in [2.45, 2.75) is 51.0 Å². The second kappa shape index (κ2) is 6.82. The minimum absolute atomic E-state index is 0.0759. The van der Waals surface area contributed by atoms with E-state index in [1.54, 1.807) is 0 Å². The van der Waals surface area contributed by atoms with Crippen LogP contribution in [-0.4, -0.2) is 46.4 Å². The van der Waals surface area contributed by atoms with Gasteiger partial charge >= 0.3 is 0 Å². The molecule has 5 nitrogen and oxygen atoms in total. The number of amides is 1. The molecular weight excluding hydrogens is 278 g/mol. The van der Waals surface area contributed by atoms with Gasteiger partial charge in [0.2, 0.25) is 5.91 Å². The van der Waals surface area contributed by atoms with Gasteiger partial charge in [-0.3, -0.25) is 9.48 Å². The number of piperidine rings is 1. The molecule has 2 fully saturated rings. The van der Waals surface area contributed by atoms with Crippen molar-refractivity contribution in [3.8, 4) is 0 Å². The van der Waals surface area contributed by atoms with Gasteiger partial charge in [0.05, 0.1) is 12.0 Å². The van der Waals surface area contributed by atoms with E-state index < -0.39 is 0 Å². The number of carbonyl (C=O) groups is 1. The first-order valence-corrected chi connectivity index (χ1v) is 8.59. The van der Waals surface area contributed by atoms with Crippen LogP contribution >= 0.6 is 0 Å². The van der Waals surface area contributed by atoms with E-state index in [1.165, 1.54) is 5.69 Å². The first-order valence-electron chi connectivity index (χ1n) is 8.59. The molecule has 2 unspecified atom stereocenters. The minimum atomic E-state index is 0.0759. The van der Waals surface area contributed by atoms with Crippen molar-refractivity contribution >= 4 is 5.91 Å². The van der Waals surface area contributed by atoms with Gasteiger partial charge in [-0.05, 0) is 38.2 Å². The molecule has 0 saturated carbocycles. The number of nitrogens with zero attached hydrogens (tertiary/aromatic N) is 3. The van der Waals surface area contributed by atoms with Crippen LogP contribution < -0.4 is 0 Å². The van der Waals surface area contributed by atoms with Crippen LogP contribution in [-0.2, 0) is 16.6 Å². The molecule has 3 heterocycles. The third kappa shape index (κ3) is 3.05. The van der Waals surface area contributed by atoms with E-state index in [2.05, 4.69) is 23.0 Å². The molecule has 3 rings (SSSR count). The predicted octanol–water partition coefficient (Wildman–Crippen LogP) is 2.33. The third-order valence-corrected chi connectivity index (χ3v) is 5.24. The van der Waals surface area contributed by atoms with Crippen LogP contribution in [0.4, 0.5) is 0 Å². The van der Waals surface area contributed by atoms with Gasteiger partial charge < -0.3 is 9.64 Å². The Balaban J connectivity index is 1.58. The molecule has 1 amide bonds. The molecule has 0 aromatic carbocycles. The number of aryl methyl sites for hydroxylation is 1. The first-order chi connectivity index (χ1) is 10.7. The molecular formula is C17H27N3O2. The maximum absolute atomic E-state index is 12.8. The van der Waals surface area contributed by atoms with Gasteiger partial charge in [0.1, 0.15) is 0 Å². The van der Waals surface area contributed by atoms with Crippen LogP contribution in [0.5, 0.6) is 0 Å². The van der Waals surface area contributed by atoms with Crippen LogP contribution in [0.3, 0.4) is 0 Å². The zero-order valence-electron chi connectivity index (χ0n) is 13.7. The fourth-order valence-corrected chi connectivity index (χ4v) is 3.94. The number of carbonyl (C=O) groups excluding carboxylic acids is 1. The van der Waals surface area contributed by atoms with Gasteiger partial charge in [-0.2, -0.15) is 5.10 Å². The van der Waals surface area contributed by atoms with Crippen molar-refractivity contribution < 1.29 is 9.53 Å². The Labute approximate surface area is 132 Å². The van der Waals surface area contributed by atoms with Gasteiger partial charge in [0.15, 0.2) is 0 Å². The van der Waals surface area contributed by atoms with Crippen molar-refractivity contribution in [1.29, 1.82) is 0 Å². The average Bonchev–Trinajstić information content (AvgIpc) is 3.00. The normalized spacial score (nSPS) is 27.1. The van der Waals surface area contributed by atoms with Crippen LogP contribution in [0, 0.1) is 5.92 Å². The number of aromatic nitrogens is 2. The Morgan fingerprint density at radius 3 is 2.77 bits per heavy atom. The fourth-order valence-electron chi connectivity index (χ4n) is 3.94. The summed E-state index contributed by atoms with van der Waals surface area (Å²) in [4.78, 5) is 14.9. The van der Waals surface area contributed by atoms with Crippen LogP contribution in [0.2, 0.25) is 0 Å². The molecule has 1 aromatic heterocycles. The predicted molar refractivity (Wildman–Crippen MR) is 84.5 cm³/mol. The SMILES string of the molecule is CCC1OCCCC1C(=O)N1CCC(c2ccnn2C)CC1. The molecule has 2 aliphatic rings. The maximum atomic E-state index is 12.8. The molecule has 5 heteroatoms. The fraction of sp³-hybridized carbons (Fsp3) is 0.765. The topological polar surface area (TPSA) is 47.4 Å². The zero-order chi connectivity index (χ0) is 15.5. The van der Waals surface area contributed by atoms with E-state index in [-0.39, 0.29) is 12.0 Å². The number of hydrogen-bond donors (Lipinski definition) is 0. The summed E-state index contributed by atoms with van der Waals surface area (Å²) in [5.41, 5.74) is 1.29. The summed E-state index contributed by atoms with van der Waals surface area (Å²) in [6.07, 6.45) is 6.99. The summed E-state index contributed by atoms with van der Waals surface area (Å²) in [6, 6.07) is 2.10. The quantitative estimate of drug-likeness (QED) is 0.861. The monoisotopic (exact) mass is 305 g/mol. The largest absolute Gasteiger partial charge is 0.377 e. The Hall–Kier alpha value is -1.36. The number of rotatable bonds is 3. The Kier molecular flexibility index (Phi) is 4.81. The summed E-state index contributed by atoms with van der Waals surface area (Å²) in [7, 11) is 2.00. The Morgan fingerprint density at radius 2 is 2.14 bits per heavy atom. The lowest BCUT2D eigenvalue weighted by Gasteiger charge is -2.37. The lowest BCUT2D eigenvalue weighted by Crippen LogP contribution is -2.46. The second-order valence-electron chi connectivity index (χ2n) is 6.55. The smallest absolute Gasteiger partial charge is 0.228 e.